The van der Waals surface area contributed by atoms with Gasteiger partial charge in [-0.25, -0.2) is 4.98 Å². The normalized spacial score (nSPS) is 13.1. The Kier molecular flexibility index (Phi) is 1.49. The van der Waals surface area contributed by atoms with Crippen molar-refractivity contribution in [3.05, 3.63) is 54.4 Å². The zero-order chi connectivity index (χ0) is 12.4. The Morgan fingerprint density at radius 1 is 1.16 bits per heavy atom. The molecule has 4 aromatic rings. The first-order valence-electron chi connectivity index (χ1n) is 6.28. The van der Waals surface area contributed by atoms with Gasteiger partial charge in [-0.2, -0.15) is 8.97 Å². The highest BCUT2D eigenvalue weighted by molar-refractivity contribution is 5.71. The Labute approximate surface area is 108 Å². The minimum absolute atomic E-state index is 0.684. The number of benzene rings is 1. The minimum atomic E-state index is 0.684. The van der Waals surface area contributed by atoms with Crippen molar-refractivity contribution in [1.82, 2.24) is 9.55 Å². The number of pyridine rings is 1. The molecule has 1 aromatic carbocycles. The molecule has 0 N–H and O–H groups in total. The molecule has 4 nitrogen and oxygen atoms in total. The van der Waals surface area contributed by atoms with Crippen LogP contribution in [0.4, 0.5) is 0 Å². The molecule has 0 atom stereocenters. The van der Waals surface area contributed by atoms with Crippen LogP contribution < -0.4 is 4.40 Å². The summed E-state index contributed by atoms with van der Waals surface area (Å²) in [5, 5.41) is 0. The first-order chi connectivity index (χ1) is 9.42. The first-order valence-corrected chi connectivity index (χ1v) is 6.28. The molecule has 0 saturated heterocycles. The van der Waals surface area contributed by atoms with Crippen molar-refractivity contribution < 1.29 is 8.82 Å². The van der Waals surface area contributed by atoms with E-state index in [0.29, 0.717) is 5.71 Å². The minimum Gasteiger partial charge on any atom is -0.368 e. The van der Waals surface area contributed by atoms with E-state index in [9.17, 15) is 0 Å². The van der Waals surface area contributed by atoms with Crippen LogP contribution in [0.5, 0.6) is 0 Å². The highest BCUT2D eigenvalue weighted by atomic mass is 16.4. The summed E-state index contributed by atoms with van der Waals surface area (Å²) in [5.41, 5.74) is 5.53. The fourth-order valence-corrected chi connectivity index (χ4v) is 2.93. The van der Waals surface area contributed by atoms with Crippen molar-refractivity contribution in [3.63, 3.8) is 0 Å². The fraction of sp³-hybridized carbons (Fsp3) is 0.0667. The van der Waals surface area contributed by atoms with E-state index >= 15 is 0 Å². The van der Waals surface area contributed by atoms with Crippen LogP contribution in [-0.2, 0) is 6.54 Å². The number of nitrogens with zero attached hydrogens (tertiary/aromatic N) is 3. The van der Waals surface area contributed by atoms with Crippen LogP contribution in [0.2, 0.25) is 0 Å². The monoisotopic (exact) mass is 248 g/mol. The van der Waals surface area contributed by atoms with Crippen molar-refractivity contribution in [2.45, 2.75) is 6.54 Å². The quantitative estimate of drug-likeness (QED) is 0.394. The molecule has 0 saturated carbocycles. The van der Waals surface area contributed by atoms with E-state index in [2.05, 4.69) is 44.4 Å². The number of fused-ring (bicyclic) bond motifs is 7. The fourth-order valence-electron chi connectivity index (χ4n) is 2.93. The van der Waals surface area contributed by atoms with Crippen LogP contribution >= 0.6 is 0 Å². The van der Waals surface area contributed by atoms with Gasteiger partial charge in [0, 0.05) is 17.3 Å². The van der Waals surface area contributed by atoms with E-state index in [-0.39, 0.29) is 0 Å². The van der Waals surface area contributed by atoms with E-state index in [4.69, 9.17) is 4.42 Å². The molecule has 0 unspecified atom stereocenters. The Bertz CT molecular complexity index is 949. The smallest absolute Gasteiger partial charge is 0.368 e. The highest BCUT2D eigenvalue weighted by Crippen LogP contribution is 2.33. The lowest BCUT2D eigenvalue weighted by Gasteiger charge is -1.91. The summed E-state index contributed by atoms with van der Waals surface area (Å²) in [6.45, 7) is 0.863. The second-order valence-electron chi connectivity index (χ2n) is 4.84. The molecule has 0 spiro atoms. The van der Waals surface area contributed by atoms with Gasteiger partial charge in [0.15, 0.2) is 11.2 Å². The first kappa shape index (κ1) is 9.33. The van der Waals surface area contributed by atoms with Crippen molar-refractivity contribution in [3.8, 4) is 11.3 Å². The maximum absolute atomic E-state index is 5.88. The summed E-state index contributed by atoms with van der Waals surface area (Å²) in [4.78, 5) is 4.26. The Morgan fingerprint density at radius 3 is 3.11 bits per heavy atom. The van der Waals surface area contributed by atoms with Crippen molar-refractivity contribution >= 4 is 17.1 Å². The standard InChI is InChI=1S/C15H10N3O/c1-2-5-11-10(4-1)8-17-13(11)9-18-12-6-3-7-16-14(12)19-15(17)18/h1-7,9H,8H2/q+1. The van der Waals surface area contributed by atoms with Crippen molar-refractivity contribution in [2.24, 2.45) is 0 Å². The Balaban J connectivity index is 1.93. The zero-order valence-corrected chi connectivity index (χ0v) is 10.1. The number of hydrogen-bond donors (Lipinski definition) is 0. The largest absolute Gasteiger partial charge is 0.469 e. The third-order valence-corrected chi connectivity index (χ3v) is 3.80. The molecule has 0 bridgehead atoms. The average Bonchev–Trinajstić information content (AvgIpc) is 3.07. The zero-order valence-electron chi connectivity index (χ0n) is 10.1. The van der Waals surface area contributed by atoms with E-state index in [0.717, 1.165) is 17.9 Å². The van der Waals surface area contributed by atoms with Crippen LogP contribution in [0.25, 0.3) is 28.3 Å². The van der Waals surface area contributed by atoms with Gasteiger partial charge >= 0.3 is 5.84 Å². The molecule has 0 amide bonds. The predicted octanol–water partition coefficient (Wildman–Crippen LogP) is 2.40. The summed E-state index contributed by atoms with van der Waals surface area (Å²) in [6, 6.07) is 12.4. The summed E-state index contributed by atoms with van der Waals surface area (Å²) < 4.78 is 10.2. The maximum Gasteiger partial charge on any atom is 0.469 e. The molecule has 19 heavy (non-hydrogen) atoms. The van der Waals surface area contributed by atoms with Gasteiger partial charge < -0.3 is 4.42 Å². The molecule has 0 fully saturated rings. The summed E-state index contributed by atoms with van der Waals surface area (Å²) in [6.07, 6.45) is 3.89. The lowest BCUT2D eigenvalue weighted by Crippen LogP contribution is -2.16. The summed E-state index contributed by atoms with van der Waals surface area (Å²) in [7, 11) is 0. The molecular weight excluding hydrogens is 238 g/mol. The molecule has 0 radical (unpaired) electrons. The van der Waals surface area contributed by atoms with E-state index < -0.39 is 0 Å². The second-order valence-corrected chi connectivity index (χ2v) is 4.84. The van der Waals surface area contributed by atoms with Crippen LogP contribution in [0.15, 0.2) is 53.2 Å². The Hall–Kier alpha value is -2.62. The predicted molar refractivity (Wildman–Crippen MR) is 69.7 cm³/mol. The van der Waals surface area contributed by atoms with Gasteiger partial charge in [-0.3, -0.25) is 0 Å². The maximum atomic E-state index is 5.88. The van der Waals surface area contributed by atoms with Gasteiger partial charge in [0.2, 0.25) is 0 Å². The SMILES string of the molecule is c1ccc2c(c1)Cn1c-2c[n+]2c3cccnc3oc12. The average molecular weight is 248 g/mol. The lowest BCUT2D eigenvalue weighted by molar-refractivity contribution is -0.484. The summed E-state index contributed by atoms with van der Waals surface area (Å²) >= 11 is 0. The van der Waals surface area contributed by atoms with Gasteiger partial charge in [0.05, 0.1) is 0 Å². The third kappa shape index (κ3) is 1.04. The van der Waals surface area contributed by atoms with Crippen LogP contribution in [0, 0.1) is 0 Å². The number of imidazole rings is 1. The van der Waals surface area contributed by atoms with Gasteiger partial charge in [-0.05, 0) is 12.1 Å². The third-order valence-electron chi connectivity index (χ3n) is 3.80. The lowest BCUT2D eigenvalue weighted by atomic mass is 10.1. The number of aromatic nitrogens is 3. The number of oxazole rings is 1. The van der Waals surface area contributed by atoms with E-state index in [1.807, 2.05) is 12.1 Å². The van der Waals surface area contributed by atoms with E-state index in [1.165, 1.54) is 16.8 Å². The van der Waals surface area contributed by atoms with Gasteiger partial charge in [-0.1, -0.05) is 24.3 Å². The molecule has 5 rings (SSSR count). The number of rotatable bonds is 0. The topological polar surface area (TPSA) is 35.1 Å². The van der Waals surface area contributed by atoms with E-state index in [1.54, 1.807) is 6.20 Å². The molecule has 4 heteroatoms. The van der Waals surface area contributed by atoms with Crippen LogP contribution in [0.1, 0.15) is 5.56 Å². The molecular formula is C15H10N3O+. The van der Waals surface area contributed by atoms with Crippen LogP contribution in [-0.4, -0.2) is 9.55 Å². The summed E-state index contributed by atoms with van der Waals surface area (Å²) in [5.74, 6) is 0.847. The molecule has 1 aliphatic rings. The van der Waals surface area contributed by atoms with Gasteiger partial charge in [0.1, 0.15) is 12.7 Å². The van der Waals surface area contributed by atoms with Crippen LogP contribution in [0.3, 0.4) is 0 Å². The highest BCUT2D eigenvalue weighted by Gasteiger charge is 2.31. The van der Waals surface area contributed by atoms with Crippen molar-refractivity contribution in [2.75, 3.05) is 0 Å². The van der Waals surface area contributed by atoms with Crippen molar-refractivity contribution in [1.29, 1.82) is 0 Å². The molecule has 3 aromatic heterocycles. The molecule has 0 aliphatic carbocycles. The second kappa shape index (κ2) is 3.03. The number of hydrogen-bond acceptors (Lipinski definition) is 2. The molecule has 1 aliphatic heterocycles. The van der Waals surface area contributed by atoms with Gasteiger partial charge in [0.25, 0.3) is 5.71 Å². The van der Waals surface area contributed by atoms with Gasteiger partial charge in [-0.15, -0.1) is 0 Å². The molecule has 90 valence electrons. The Morgan fingerprint density at radius 2 is 2.11 bits per heavy atom. The molecule has 4 heterocycles.